The molecule has 258 valence electrons. The van der Waals surface area contributed by atoms with Crippen molar-refractivity contribution in [3.63, 3.8) is 0 Å². The predicted octanol–water partition coefficient (Wildman–Crippen LogP) is -0.245. The Kier molecular flexibility index (Phi) is 24.5. The Morgan fingerprint density at radius 2 is 0.614 bits per heavy atom. The molecule has 4 amide bonds. The molecular formula is C30H60N6O8. The molecule has 0 radical (unpaired) electrons. The van der Waals surface area contributed by atoms with Crippen molar-refractivity contribution in [2.24, 2.45) is 0 Å². The van der Waals surface area contributed by atoms with Crippen molar-refractivity contribution >= 4 is 23.6 Å². The minimum absolute atomic E-state index is 0.000784. The average molecular weight is 633 g/mol. The van der Waals surface area contributed by atoms with Crippen LogP contribution in [-0.4, -0.2) is 150 Å². The van der Waals surface area contributed by atoms with Crippen LogP contribution in [0, 0.1) is 0 Å². The first-order valence-corrected chi connectivity index (χ1v) is 15.8. The molecule has 0 saturated carbocycles. The number of carbonyl (C=O) groups excluding carboxylic acids is 4. The van der Waals surface area contributed by atoms with Gasteiger partial charge in [0.2, 0.25) is 23.6 Å². The highest BCUT2D eigenvalue weighted by atomic mass is 16.5. The van der Waals surface area contributed by atoms with E-state index in [0.717, 1.165) is 0 Å². The molecule has 0 aliphatic heterocycles. The third-order valence-corrected chi connectivity index (χ3v) is 5.92. The van der Waals surface area contributed by atoms with Crippen molar-refractivity contribution in [3.8, 4) is 0 Å². The second-order valence-corrected chi connectivity index (χ2v) is 11.5. The first-order chi connectivity index (χ1) is 20.8. The Balaban J connectivity index is 5.11. The summed E-state index contributed by atoms with van der Waals surface area (Å²) in [7, 11) is 0. The summed E-state index contributed by atoms with van der Waals surface area (Å²) in [6.45, 7) is 20.2. The summed E-state index contributed by atoms with van der Waals surface area (Å²) >= 11 is 0. The lowest BCUT2D eigenvalue weighted by molar-refractivity contribution is -0.128. The molecule has 0 unspecified atom stereocenters. The predicted molar refractivity (Wildman–Crippen MR) is 169 cm³/mol. The number of rotatable bonds is 27. The molecule has 0 aromatic heterocycles. The van der Waals surface area contributed by atoms with Gasteiger partial charge < -0.3 is 40.2 Å². The van der Waals surface area contributed by atoms with Crippen molar-refractivity contribution in [1.82, 2.24) is 31.1 Å². The molecule has 0 rings (SSSR count). The molecule has 0 fully saturated rings. The van der Waals surface area contributed by atoms with Crippen molar-refractivity contribution in [2.45, 2.75) is 79.8 Å². The van der Waals surface area contributed by atoms with E-state index < -0.39 is 0 Å². The fourth-order valence-corrected chi connectivity index (χ4v) is 3.54. The number of amides is 4. The molecule has 0 aliphatic carbocycles. The van der Waals surface area contributed by atoms with Crippen molar-refractivity contribution in [3.05, 3.63) is 0 Å². The molecule has 14 nitrogen and oxygen atoms in total. The van der Waals surface area contributed by atoms with Crippen LogP contribution in [0.25, 0.3) is 0 Å². The largest absolute Gasteiger partial charge is 0.369 e. The Morgan fingerprint density at radius 3 is 0.795 bits per heavy atom. The monoisotopic (exact) mass is 632 g/mol. The van der Waals surface area contributed by atoms with E-state index in [-0.39, 0.29) is 74.5 Å². The minimum atomic E-state index is -0.186. The Hall–Kier alpha value is -2.36. The van der Waals surface area contributed by atoms with Crippen LogP contribution in [0.4, 0.5) is 0 Å². The lowest BCUT2D eigenvalue weighted by Crippen LogP contribution is -2.46. The molecule has 0 aromatic carbocycles. The fraction of sp³-hybridized carbons (Fsp3) is 0.867. The number of carbonyl (C=O) groups is 4. The van der Waals surface area contributed by atoms with Gasteiger partial charge in [-0.05, 0) is 55.4 Å². The molecular weight excluding hydrogens is 572 g/mol. The Labute approximate surface area is 264 Å². The van der Waals surface area contributed by atoms with E-state index in [2.05, 4.69) is 31.1 Å². The van der Waals surface area contributed by atoms with E-state index in [1.165, 1.54) is 0 Å². The summed E-state index contributed by atoms with van der Waals surface area (Å²) in [5.74, 6) is -0.745. The average Bonchev–Trinajstić information content (AvgIpc) is 2.94. The molecule has 0 spiro atoms. The smallest absolute Gasteiger partial charge is 0.246 e. The summed E-state index contributed by atoms with van der Waals surface area (Å²) in [6.07, 6.45) is -0.142. The van der Waals surface area contributed by atoms with Gasteiger partial charge in [0.05, 0.1) is 24.4 Å². The first-order valence-electron chi connectivity index (χ1n) is 15.8. The summed E-state index contributed by atoms with van der Waals surface area (Å²) in [5.41, 5.74) is 0. The number of nitrogens with one attached hydrogen (secondary N) is 4. The van der Waals surface area contributed by atoms with Gasteiger partial charge in [-0.25, -0.2) is 0 Å². The molecule has 14 heteroatoms. The zero-order valence-electron chi connectivity index (χ0n) is 28.4. The maximum atomic E-state index is 12.1. The van der Waals surface area contributed by atoms with E-state index in [4.69, 9.17) is 18.9 Å². The number of hydrogen-bond donors (Lipinski definition) is 4. The van der Waals surface area contributed by atoms with Gasteiger partial charge in [-0.2, -0.15) is 0 Å². The normalized spacial score (nSPS) is 11.7. The highest BCUT2D eigenvalue weighted by Crippen LogP contribution is 1.95. The van der Waals surface area contributed by atoms with Gasteiger partial charge in [0.1, 0.15) is 26.4 Å². The summed E-state index contributed by atoms with van der Waals surface area (Å²) in [5, 5.41) is 11.5. The van der Waals surface area contributed by atoms with Crippen LogP contribution in [0.2, 0.25) is 0 Å². The van der Waals surface area contributed by atoms with Gasteiger partial charge >= 0.3 is 0 Å². The molecule has 0 saturated heterocycles. The summed E-state index contributed by atoms with van der Waals surface area (Å²) in [6, 6.07) is 0. The molecule has 0 heterocycles. The van der Waals surface area contributed by atoms with Crippen LogP contribution < -0.4 is 21.3 Å². The van der Waals surface area contributed by atoms with E-state index in [0.29, 0.717) is 65.4 Å². The lowest BCUT2D eigenvalue weighted by Gasteiger charge is -2.28. The van der Waals surface area contributed by atoms with Crippen molar-refractivity contribution in [1.29, 1.82) is 0 Å². The zero-order chi connectivity index (χ0) is 33.3. The molecule has 44 heavy (non-hydrogen) atoms. The van der Waals surface area contributed by atoms with E-state index >= 15 is 0 Å². The Bertz CT molecular complexity index is 673. The van der Waals surface area contributed by atoms with Crippen LogP contribution in [0.3, 0.4) is 0 Å². The number of hydrogen-bond acceptors (Lipinski definition) is 10. The zero-order valence-corrected chi connectivity index (χ0v) is 28.4. The summed E-state index contributed by atoms with van der Waals surface area (Å²) < 4.78 is 21.5. The highest BCUT2D eigenvalue weighted by molar-refractivity contribution is 5.78. The van der Waals surface area contributed by atoms with Gasteiger partial charge in [-0.1, -0.05) is 0 Å². The van der Waals surface area contributed by atoms with Crippen LogP contribution in [0.1, 0.15) is 55.4 Å². The first kappa shape index (κ1) is 41.6. The SMILES string of the molecule is CC(C)OCC(=O)NCCN(CCNC(=O)COC(C)C)CCN(CCNC(=O)COC(C)C)CCNC(=O)COC(C)C. The van der Waals surface area contributed by atoms with E-state index in [1.807, 2.05) is 55.4 Å². The van der Waals surface area contributed by atoms with E-state index in [1.54, 1.807) is 0 Å². The number of nitrogens with zero attached hydrogens (tertiary/aromatic N) is 2. The second kappa shape index (κ2) is 25.9. The van der Waals surface area contributed by atoms with Gasteiger partial charge in [0.25, 0.3) is 0 Å². The van der Waals surface area contributed by atoms with Gasteiger partial charge in [0.15, 0.2) is 0 Å². The molecule has 4 N–H and O–H groups in total. The molecule has 0 aliphatic rings. The minimum Gasteiger partial charge on any atom is -0.369 e. The van der Waals surface area contributed by atoms with Crippen LogP contribution in [-0.2, 0) is 38.1 Å². The fourth-order valence-electron chi connectivity index (χ4n) is 3.54. The van der Waals surface area contributed by atoms with Crippen LogP contribution in [0.5, 0.6) is 0 Å². The van der Waals surface area contributed by atoms with Crippen LogP contribution in [0.15, 0.2) is 0 Å². The van der Waals surface area contributed by atoms with E-state index in [9.17, 15) is 19.2 Å². The van der Waals surface area contributed by atoms with Crippen LogP contribution >= 0.6 is 0 Å². The van der Waals surface area contributed by atoms with Crippen molar-refractivity contribution in [2.75, 3.05) is 91.9 Å². The second-order valence-electron chi connectivity index (χ2n) is 11.5. The molecule has 0 bridgehead atoms. The van der Waals surface area contributed by atoms with Gasteiger partial charge in [0, 0.05) is 65.4 Å². The quantitative estimate of drug-likeness (QED) is 0.0952. The highest BCUT2D eigenvalue weighted by Gasteiger charge is 2.13. The Morgan fingerprint density at radius 1 is 0.409 bits per heavy atom. The van der Waals surface area contributed by atoms with Gasteiger partial charge in [-0.15, -0.1) is 0 Å². The third kappa shape index (κ3) is 27.2. The lowest BCUT2D eigenvalue weighted by atomic mass is 10.3. The maximum absolute atomic E-state index is 12.1. The maximum Gasteiger partial charge on any atom is 0.246 e. The standard InChI is InChI=1S/C30H60N6O8/c1-23(2)41-19-27(37)31-9-13-35(14-10-32-28(38)20-42-24(3)4)17-18-36(15-11-33-29(39)21-43-25(5)6)16-12-34-30(40)22-44-26(7)8/h23-26H,9-22H2,1-8H3,(H,31,37)(H,32,38)(H,33,39)(H,34,40). The molecule has 0 atom stereocenters. The molecule has 0 aromatic rings. The summed E-state index contributed by atoms with van der Waals surface area (Å²) in [4.78, 5) is 52.8. The number of ether oxygens (including phenoxy) is 4. The topological polar surface area (TPSA) is 160 Å². The van der Waals surface area contributed by atoms with Gasteiger partial charge in [-0.3, -0.25) is 29.0 Å². The third-order valence-electron chi connectivity index (χ3n) is 5.92. The van der Waals surface area contributed by atoms with Crippen molar-refractivity contribution < 1.29 is 38.1 Å².